The van der Waals surface area contributed by atoms with E-state index < -0.39 is 0 Å². The molecule has 9 nitrogen and oxygen atoms in total. The monoisotopic (exact) mass is 502 g/mol. The molecular formula is C28H34N6O3. The third-order valence-corrected chi connectivity index (χ3v) is 7.03. The standard InChI is InChI=1S/C28H34N6O3/c1-30-26-25(27(35)31(2)28(30)36)34(14-13-32-15-17-37-18-16-32)24(29-26)21-33(19-22-9-5-3-6-10-22)20-23-11-7-4-8-12-23/h3-12H,13-21H2,1-2H3. The van der Waals surface area contributed by atoms with E-state index in [4.69, 9.17) is 9.72 Å². The summed E-state index contributed by atoms with van der Waals surface area (Å²) in [6.45, 7) is 6.58. The maximum atomic E-state index is 13.3. The molecule has 0 aliphatic carbocycles. The SMILES string of the molecule is Cn1c(=O)c2c(nc(CN(Cc3ccccc3)Cc3ccccc3)n2CCN2CCOCC2)n(C)c1=O. The Kier molecular flexibility index (Phi) is 7.64. The maximum Gasteiger partial charge on any atom is 0.332 e. The summed E-state index contributed by atoms with van der Waals surface area (Å²) in [5.74, 6) is 0.786. The molecule has 194 valence electrons. The fourth-order valence-electron chi connectivity index (χ4n) is 4.97. The van der Waals surface area contributed by atoms with Crippen LogP contribution in [0.2, 0.25) is 0 Å². The van der Waals surface area contributed by atoms with Crippen molar-refractivity contribution in [2.75, 3.05) is 32.8 Å². The fourth-order valence-corrected chi connectivity index (χ4v) is 4.97. The number of rotatable bonds is 9. The number of hydrogen-bond acceptors (Lipinski definition) is 6. The second-order valence-corrected chi connectivity index (χ2v) is 9.63. The van der Waals surface area contributed by atoms with E-state index in [0.29, 0.717) is 24.3 Å². The van der Waals surface area contributed by atoms with Gasteiger partial charge in [0.2, 0.25) is 0 Å². The van der Waals surface area contributed by atoms with Crippen molar-refractivity contribution in [3.8, 4) is 0 Å². The molecule has 4 aromatic rings. The van der Waals surface area contributed by atoms with E-state index in [0.717, 1.165) is 51.8 Å². The summed E-state index contributed by atoms with van der Waals surface area (Å²) in [6, 6.07) is 20.7. The highest BCUT2D eigenvalue weighted by Gasteiger charge is 2.22. The van der Waals surface area contributed by atoms with E-state index in [1.54, 1.807) is 7.05 Å². The summed E-state index contributed by atoms with van der Waals surface area (Å²) in [4.78, 5) is 35.5. The van der Waals surface area contributed by atoms with E-state index in [2.05, 4.69) is 34.1 Å². The van der Waals surface area contributed by atoms with Crippen LogP contribution in [0.4, 0.5) is 0 Å². The Balaban J connectivity index is 1.54. The average Bonchev–Trinajstić information content (AvgIpc) is 3.29. The first-order valence-electron chi connectivity index (χ1n) is 12.8. The van der Waals surface area contributed by atoms with Crippen LogP contribution >= 0.6 is 0 Å². The first-order chi connectivity index (χ1) is 18.0. The molecule has 1 saturated heterocycles. The van der Waals surface area contributed by atoms with Crippen molar-refractivity contribution in [3.05, 3.63) is 98.5 Å². The van der Waals surface area contributed by atoms with Gasteiger partial charge >= 0.3 is 5.69 Å². The number of hydrogen-bond donors (Lipinski definition) is 0. The van der Waals surface area contributed by atoms with Crippen LogP contribution in [0.15, 0.2) is 70.3 Å². The summed E-state index contributed by atoms with van der Waals surface area (Å²) < 4.78 is 10.2. The minimum atomic E-state index is -0.368. The van der Waals surface area contributed by atoms with Crippen LogP contribution in [0.25, 0.3) is 11.2 Å². The molecule has 0 saturated carbocycles. The molecule has 2 aromatic heterocycles. The van der Waals surface area contributed by atoms with Gasteiger partial charge in [-0.1, -0.05) is 60.7 Å². The van der Waals surface area contributed by atoms with Crippen LogP contribution in [-0.4, -0.2) is 61.3 Å². The lowest BCUT2D eigenvalue weighted by Crippen LogP contribution is -2.39. The molecule has 1 aliphatic heterocycles. The number of nitrogens with zero attached hydrogens (tertiary/aromatic N) is 6. The van der Waals surface area contributed by atoms with Gasteiger partial charge in [0.25, 0.3) is 5.56 Å². The summed E-state index contributed by atoms with van der Waals surface area (Å²) in [6.07, 6.45) is 0. The summed E-state index contributed by atoms with van der Waals surface area (Å²) >= 11 is 0. The van der Waals surface area contributed by atoms with Crippen molar-refractivity contribution in [1.82, 2.24) is 28.5 Å². The van der Waals surface area contributed by atoms with Gasteiger partial charge in [-0.25, -0.2) is 9.78 Å². The smallest absolute Gasteiger partial charge is 0.332 e. The van der Waals surface area contributed by atoms with Crippen LogP contribution in [0.1, 0.15) is 17.0 Å². The Morgan fingerprint density at radius 3 is 2.00 bits per heavy atom. The highest BCUT2D eigenvalue weighted by atomic mass is 16.5. The normalized spacial score (nSPS) is 14.6. The summed E-state index contributed by atoms with van der Waals surface area (Å²) in [7, 11) is 3.21. The molecule has 0 spiro atoms. The van der Waals surface area contributed by atoms with Crippen LogP contribution in [0, 0.1) is 0 Å². The third kappa shape index (κ3) is 5.58. The highest BCUT2D eigenvalue weighted by molar-refractivity contribution is 5.71. The Morgan fingerprint density at radius 2 is 1.41 bits per heavy atom. The number of morpholine rings is 1. The first kappa shape index (κ1) is 25.1. The largest absolute Gasteiger partial charge is 0.379 e. The summed E-state index contributed by atoms with van der Waals surface area (Å²) in [5.41, 5.74) is 2.65. The molecule has 0 radical (unpaired) electrons. The number of ether oxygens (including phenoxy) is 1. The minimum Gasteiger partial charge on any atom is -0.379 e. The Labute approximate surface area is 216 Å². The molecule has 0 N–H and O–H groups in total. The van der Waals surface area contributed by atoms with Crippen molar-refractivity contribution >= 4 is 11.2 Å². The zero-order chi connectivity index (χ0) is 25.8. The van der Waals surface area contributed by atoms with Gasteiger partial charge < -0.3 is 9.30 Å². The maximum absolute atomic E-state index is 13.3. The molecule has 0 bridgehead atoms. The predicted molar refractivity (Wildman–Crippen MR) is 143 cm³/mol. The minimum absolute atomic E-state index is 0.309. The van der Waals surface area contributed by atoms with E-state index >= 15 is 0 Å². The van der Waals surface area contributed by atoms with Crippen LogP contribution in [-0.2, 0) is 45.0 Å². The molecule has 2 aromatic carbocycles. The molecule has 0 unspecified atom stereocenters. The third-order valence-electron chi connectivity index (χ3n) is 7.03. The van der Waals surface area contributed by atoms with Gasteiger partial charge in [0.1, 0.15) is 5.82 Å². The number of imidazole rings is 1. The van der Waals surface area contributed by atoms with Crippen LogP contribution < -0.4 is 11.2 Å². The van der Waals surface area contributed by atoms with Gasteiger partial charge in [-0.15, -0.1) is 0 Å². The van der Waals surface area contributed by atoms with Crippen molar-refractivity contribution in [2.45, 2.75) is 26.2 Å². The van der Waals surface area contributed by atoms with Gasteiger partial charge in [-0.2, -0.15) is 0 Å². The van der Waals surface area contributed by atoms with E-state index in [-0.39, 0.29) is 11.2 Å². The lowest BCUT2D eigenvalue weighted by molar-refractivity contribution is 0.0363. The Bertz CT molecular complexity index is 1410. The summed E-state index contributed by atoms with van der Waals surface area (Å²) in [5, 5.41) is 0. The highest BCUT2D eigenvalue weighted by Crippen LogP contribution is 2.18. The number of aryl methyl sites for hydroxylation is 1. The van der Waals surface area contributed by atoms with Crippen molar-refractivity contribution in [2.24, 2.45) is 14.1 Å². The zero-order valence-electron chi connectivity index (χ0n) is 21.5. The predicted octanol–water partition coefficient (Wildman–Crippen LogP) is 1.97. The number of benzene rings is 2. The van der Waals surface area contributed by atoms with Gasteiger partial charge in [-0.05, 0) is 11.1 Å². The van der Waals surface area contributed by atoms with Gasteiger partial charge in [0.05, 0.1) is 19.8 Å². The van der Waals surface area contributed by atoms with E-state index in [9.17, 15) is 9.59 Å². The molecule has 1 aliphatic rings. The zero-order valence-corrected chi connectivity index (χ0v) is 21.5. The average molecular weight is 503 g/mol. The molecule has 9 heteroatoms. The molecule has 5 rings (SSSR count). The number of aromatic nitrogens is 4. The molecule has 0 atom stereocenters. The van der Waals surface area contributed by atoms with Crippen molar-refractivity contribution in [1.29, 1.82) is 0 Å². The molecular weight excluding hydrogens is 468 g/mol. The number of fused-ring (bicyclic) bond motifs is 1. The molecule has 1 fully saturated rings. The molecule has 3 heterocycles. The topological polar surface area (TPSA) is 77.5 Å². The van der Waals surface area contributed by atoms with E-state index in [1.807, 2.05) is 41.0 Å². The second kappa shape index (κ2) is 11.2. The Hall–Kier alpha value is -3.53. The molecule has 37 heavy (non-hydrogen) atoms. The lowest BCUT2D eigenvalue weighted by Gasteiger charge is -2.27. The van der Waals surface area contributed by atoms with Gasteiger partial charge in [-0.3, -0.25) is 23.7 Å². The second-order valence-electron chi connectivity index (χ2n) is 9.63. The Morgan fingerprint density at radius 1 is 0.811 bits per heavy atom. The quantitative estimate of drug-likeness (QED) is 0.348. The molecule has 0 amide bonds. The lowest BCUT2D eigenvalue weighted by atomic mass is 10.1. The van der Waals surface area contributed by atoms with Crippen molar-refractivity contribution in [3.63, 3.8) is 0 Å². The first-order valence-corrected chi connectivity index (χ1v) is 12.8. The van der Waals surface area contributed by atoms with Crippen molar-refractivity contribution < 1.29 is 4.74 Å². The van der Waals surface area contributed by atoms with Gasteiger partial charge in [0.15, 0.2) is 11.2 Å². The van der Waals surface area contributed by atoms with Crippen LogP contribution in [0.3, 0.4) is 0 Å². The fraction of sp³-hybridized carbons (Fsp3) is 0.393. The van der Waals surface area contributed by atoms with E-state index in [1.165, 1.54) is 27.3 Å². The van der Waals surface area contributed by atoms with Crippen LogP contribution in [0.5, 0.6) is 0 Å². The van der Waals surface area contributed by atoms with Gasteiger partial charge in [0, 0.05) is 53.4 Å².